The van der Waals surface area contributed by atoms with E-state index < -0.39 is 7.75 Å². The van der Waals surface area contributed by atoms with Crippen LogP contribution in [0.1, 0.15) is 12.8 Å². The second-order valence-corrected chi connectivity index (χ2v) is 6.06. The van der Waals surface area contributed by atoms with Crippen LogP contribution >= 0.6 is 30.9 Å². The molecule has 6 nitrogen and oxygen atoms in total. The minimum absolute atomic E-state index is 0.0125. The molecule has 0 saturated heterocycles. The molecule has 108 valence electrons. The zero-order valence-corrected chi connectivity index (χ0v) is 12.8. The summed E-state index contributed by atoms with van der Waals surface area (Å²) >= 11 is 11.3. The average Bonchev–Trinajstić information content (AvgIpc) is 2.39. The number of alkyl halides is 2. The fourth-order valence-corrected chi connectivity index (χ4v) is 3.54. The largest absolute Gasteiger partial charge is 0.408 e. The summed E-state index contributed by atoms with van der Waals surface area (Å²) in [4.78, 5) is 0. The number of nitrogens with zero attached hydrogens (tertiary/aromatic N) is 3. The first-order valence-corrected chi connectivity index (χ1v) is 8.21. The Labute approximate surface area is 123 Å². The summed E-state index contributed by atoms with van der Waals surface area (Å²) in [5.74, 6) is 0.480. The van der Waals surface area contributed by atoms with Crippen molar-refractivity contribution in [2.75, 3.05) is 38.1 Å². The highest BCUT2D eigenvalue weighted by Gasteiger charge is 2.32. The van der Waals surface area contributed by atoms with E-state index in [9.17, 15) is 4.57 Å². The van der Waals surface area contributed by atoms with E-state index in [0.717, 1.165) is 0 Å². The number of hydrogen-bond donors (Lipinski definition) is 0. The molecule has 0 atom stereocenters. The maximum absolute atomic E-state index is 12.6. The lowest BCUT2D eigenvalue weighted by molar-refractivity contribution is 0.165. The highest BCUT2D eigenvalue weighted by Crippen LogP contribution is 2.52. The topological polar surface area (TPSA) is 86.3 Å². The molecule has 0 heterocycles. The predicted octanol–water partition coefficient (Wildman–Crippen LogP) is 2.73. The van der Waals surface area contributed by atoms with Gasteiger partial charge in [-0.2, -0.15) is 10.5 Å². The Bertz CT molecular complexity index is 340. The van der Waals surface area contributed by atoms with Crippen LogP contribution in [0.25, 0.3) is 0 Å². The van der Waals surface area contributed by atoms with Gasteiger partial charge in [0.1, 0.15) is 0 Å². The Morgan fingerprint density at radius 2 is 1.42 bits per heavy atom. The van der Waals surface area contributed by atoms with Crippen molar-refractivity contribution in [1.82, 2.24) is 4.67 Å². The first kappa shape index (κ1) is 18.7. The van der Waals surface area contributed by atoms with Gasteiger partial charge < -0.3 is 0 Å². The molecule has 0 aromatic carbocycles. The SMILES string of the molecule is N#CCCOP(=O)(OCCC#N)N(CCCl)CCCl. The molecule has 0 aromatic heterocycles. The molecule has 0 saturated carbocycles. The van der Waals surface area contributed by atoms with E-state index in [-0.39, 0.29) is 50.9 Å². The van der Waals surface area contributed by atoms with Gasteiger partial charge in [-0.25, -0.2) is 9.24 Å². The van der Waals surface area contributed by atoms with Crippen LogP contribution in [0.2, 0.25) is 0 Å². The molecule has 0 rings (SSSR count). The molecular weight excluding hydrogens is 312 g/mol. The third kappa shape index (κ3) is 7.74. The van der Waals surface area contributed by atoms with Crippen molar-refractivity contribution in [2.24, 2.45) is 0 Å². The first-order chi connectivity index (χ1) is 9.14. The molecule has 9 heteroatoms. The fourth-order valence-electron chi connectivity index (χ4n) is 1.17. The monoisotopic (exact) mass is 327 g/mol. The van der Waals surface area contributed by atoms with Crippen molar-refractivity contribution >= 4 is 30.9 Å². The summed E-state index contributed by atoms with van der Waals surface area (Å²) in [6.07, 6.45) is 0.197. The molecule has 0 N–H and O–H groups in total. The number of rotatable bonds is 11. The van der Waals surface area contributed by atoms with Gasteiger partial charge in [-0.3, -0.25) is 9.05 Å². The van der Waals surface area contributed by atoms with Crippen LogP contribution < -0.4 is 0 Å². The Morgan fingerprint density at radius 3 is 1.74 bits per heavy atom. The van der Waals surface area contributed by atoms with Gasteiger partial charge in [-0.15, -0.1) is 23.2 Å². The van der Waals surface area contributed by atoms with Gasteiger partial charge in [0.05, 0.1) is 38.2 Å². The van der Waals surface area contributed by atoms with Gasteiger partial charge in [-0.1, -0.05) is 0 Å². The number of halogens is 2. The molecule has 0 aliphatic heterocycles. The van der Waals surface area contributed by atoms with Gasteiger partial charge >= 0.3 is 7.75 Å². The van der Waals surface area contributed by atoms with E-state index >= 15 is 0 Å². The molecule has 19 heavy (non-hydrogen) atoms. The molecule has 0 unspecified atom stereocenters. The van der Waals surface area contributed by atoms with Gasteiger partial charge in [0.2, 0.25) is 0 Å². The Hall–Kier alpha value is -0.330. The smallest absolute Gasteiger partial charge is 0.296 e. The molecule has 0 amide bonds. The highest BCUT2D eigenvalue weighted by atomic mass is 35.5. The van der Waals surface area contributed by atoms with Gasteiger partial charge in [0.25, 0.3) is 0 Å². The lowest BCUT2D eigenvalue weighted by atomic mass is 10.5. The van der Waals surface area contributed by atoms with Crippen LogP contribution in [0, 0.1) is 22.7 Å². The van der Waals surface area contributed by atoms with E-state index in [2.05, 4.69) is 0 Å². The van der Waals surface area contributed by atoms with Crippen LogP contribution in [-0.4, -0.2) is 42.7 Å². The van der Waals surface area contributed by atoms with Gasteiger partial charge in [-0.05, 0) is 0 Å². The third-order valence-corrected chi connectivity index (χ3v) is 4.42. The summed E-state index contributed by atoms with van der Waals surface area (Å²) in [7, 11) is -3.56. The molecular formula is C10H16Cl2N3O3P. The van der Waals surface area contributed by atoms with Crippen molar-refractivity contribution in [1.29, 1.82) is 10.5 Å². The predicted molar refractivity (Wildman–Crippen MR) is 73.0 cm³/mol. The third-order valence-electron chi connectivity index (χ3n) is 1.97. The molecule has 0 aliphatic rings. The second kappa shape index (κ2) is 11.5. The van der Waals surface area contributed by atoms with Crippen molar-refractivity contribution < 1.29 is 13.6 Å². The van der Waals surface area contributed by atoms with Crippen molar-refractivity contribution in [2.45, 2.75) is 12.8 Å². The Kier molecular flexibility index (Phi) is 11.3. The summed E-state index contributed by atoms with van der Waals surface area (Å²) in [5, 5.41) is 16.9. The van der Waals surface area contributed by atoms with E-state index in [1.54, 1.807) is 0 Å². The Morgan fingerprint density at radius 1 is 1.00 bits per heavy atom. The van der Waals surface area contributed by atoms with Crippen LogP contribution in [-0.2, 0) is 13.6 Å². The summed E-state index contributed by atoms with van der Waals surface area (Å²) in [5.41, 5.74) is 0. The molecule has 0 fully saturated rings. The zero-order valence-electron chi connectivity index (χ0n) is 10.4. The lowest BCUT2D eigenvalue weighted by Gasteiger charge is -2.28. The standard InChI is InChI=1S/C10H16Cl2N3O3P/c11-3-7-15(8-4-12)19(16,17-9-1-5-13)18-10-2-6-14/h1-4,7-10H2. The van der Waals surface area contributed by atoms with Gasteiger partial charge in [0, 0.05) is 24.8 Å². The summed E-state index contributed by atoms with van der Waals surface area (Å²) < 4.78 is 24.4. The van der Waals surface area contributed by atoms with Crippen molar-refractivity contribution in [3.63, 3.8) is 0 Å². The van der Waals surface area contributed by atoms with Crippen molar-refractivity contribution in [3.05, 3.63) is 0 Å². The highest BCUT2D eigenvalue weighted by molar-refractivity contribution is 7.51. The maximum Gasteiger partial charge on any atom is 0.408 e. The van der Waals surface area contributed by atoms with Crippen LogP contribution in [0.4, 0.5) is 0 Å². The van der Waals surface area contributed by atoms with E-state index in [4.69, 9.17) is 42.8 Å². The van der Waals surface area contributed by atoms with E-state index in [1.807, 2.05) is 12.1 Å². The van der Waals surface area contributed by atoms with Crippen LogP contribution in [0.15, 0.2) is 0 Å². The summed E-state index contributed by atoms with van der Waals surface area (Å²) in [6, 6.07) is 3.77. The average molecular weight is 328 g/mol. The maximum atomic E-state index is 12.6. The van der Waals surface area contributed by atoms with Gasteiger partial charge in [0.15, 0.2) is 0 Å². The molecule has 0 aliphatic carbocycles. The number of nitriles is 2. The minimum atomic E-state index is -3.56. The molecule has 0 aromatic rings. The summed E-state index contributed by atoms with van der Waals surface area (Å²) in [6.45, 7) is 0.540. The van der Waals surface area contributed by atoms with Crippen LogP contribution in [0.5, 0.6) is 0 Å². The lowest BCUT2D eigenvalue weighted by Crippen LogP contribution is -2.27. The minimum Gasteiger partial charge on any atom is -0.296 e. The van der Waals surface area contributed by atoms with Crippen LogP contribution in [0.3, 0.4) is 0 Å². The Balaban J connectivity index is 4.72. The van der Waals surface area contributed by atoms with E-state index in [1.165, 1.54) is 4.67 Å². The number of hydrogen-bond acceptors (Lipinski definition) is 5. The van der Waals surface area contributed by atoms with Crippen molar-refractivity contribution in [3.8, 4) is 12.1 Å². The molecule has 0 bridgehead atoms. The first-order valence-electron chi connectivity index (χ1n) is 5.65. The van der Waals surface area contributed by atoms with E-state index in [0.29, 0.717) is 0 Å². The normalized spacial score (nSPS) is 11.2. The molecule has 0 radical (unpaired) electrons. The quantitative estimate of drug-likeness (QED) is 0.329. The zero-order chi connectivity index (χ0) is 14.6. The fraction of sp³-hybridized carbons (Fsp3) is 0.800. The molecule has 0 spiro atoms. The second-order valence-electron chi connectivity index (χ2n) is 3.28.